The summed E-state index contributed by atoms with van der Waals surface area (Å²) < 4.78 is 12.0. The van der Waals surface area contributed by atoms with Crippen LogP contribution in [0.5, 0.6) is 0 Å². The first-order valence-corrected chi connectivity index (χ1v) is 8.85. The van der Waals surface area contributed by atoms with Crippen molar-refractivity contribution in [2.45, 2.75) is 33.2 Å². The molecular weight excluding hydrogens is 252 g/mol. The molecule has 0 aliphatic carbocycles. The van der Waals surface area contributed by atoms with Crippen molar-refractivity contribution in [2.75, 3.05) is 13.2 Å². The van der Waals surface area contributed by atoms with Crippen LogP contribution >= 0.6 is 11.6 Å². The Hall–Kier alpha value is -0.353. The molecule has 0 saturated heterocycles. The molecule has 0 amide bonds. The summed E-state index contributed by atoms with van der Waals surface area (Å²) in [6.07, 6.45) is 2.00. The van der Waals surface area contributed by atoms with Crippen molar-refractivity contribution in [2.24, 2.45) is 0 Å². The highest BCUT2D eigenvalue weighted by Crippen LogP contribution is 2.13. The van der Waals surface area contributed by atoms with Crippen molar-refractivity contribution in [3.8, 4) is 0 Å². The summed E-state index contributed by atoms with van der Waals surface area (Å²) in [4.78, 5) is 0. The molecule has 0 saturated carbocycles. The Bertz CT molecular complexity index is 336. The van der Waals surface area contributed by atoms with Crippen molar-refractivity contribution < 1.29 is 8.85 Å². The van der Waals surface area contributed by atoms with Gasteiger partial charge in [0.25, 0.3) is 0 Å². The molecule has 0 N–H and O–H groups in total. The van der Waals surface area contributed by atoms with E-state index in [0.717, 1.165) is 36.3 Å². The van der Waals surface area contributed by atoms with Gasteiger partial charge in [-0.05, 0) is 36.7 Å². The van der Waals surface area contributed by atoms with Gasteiger partial charge in [0.15, 0.2) is 0 Å². The van der Waals surface area contributed by atoms with E-state index in [0.29, 0.717) is 0 Å². The summed E-state index contributed by atoms with van der Waals surface area (Å²) >= 11 is 6.03. The summed E-state index contributed by atoms with van der Waals surface area (Å²) in [7, 11) is -2.28. The Morgan fingerprint density at radius 3 is 2.18 bits per heavy atom. The minimum absolute atomic E-state index is 0.735. The van der Waals surface area contributed by atoms with Gasteiger partial charge in [-0.2, -0.15) is 0 Å². The third kappa shape index (κ3) is 4.43. The van der Waals surface area contributed by atoms with Gasteiger partial charge in [0, 0.05) is 18.2 Å². The lowest BCUT2D eigenvalue weighted by molar-refractivity contribution is 0.185. The van der Waals surface area contributed by atoms with Crippen LogP contribution in [-0.2, 0) is 8.85 Å². The predicted molar refractivity (Wildman–Crippen MR) is 75.2 cm³/mol. The fraction of sp³-hybridized carbons (Fsp3) is 0.538. The van der Waals surface area contributed by atoms with E-state index in [9.17, 15) is 0 Å². The van der Waals surface area contributed by atoms with E-state index in [1.807, 2.05) is 24.3 Å². The number of hydrogen-bond acceptors (Lipinski definition) is 2. The molecule has 0 radical (unpaired) electrons. The first kappa shape index (κ1) is 14.7. The summed E-state index contributed by atoms with van der Waals surface area (Å²) in [5, 5.41) is 1.84. The average Bonchev–Trinajstić information content (AvgIpc) is 2.34. The van der Waals surface area contributed by atoms with Gasteiger partial charge < -0.3 is 8.85 Å². The largest absolute Gasteiger partial charge is 0.391 e. The molecule has 96 valence electrons. The van der Waals surface area contributed by atoms with Crippen LogP contribution in [0, 0.1) is 0 Å². The maximum Gasteiger partial charge on any atom is 0.369 e. The average molecular weight is 273 g/mol. The minimum Gasteiger partial charge on any atom is -0.391 e. The normalized spacial score (nSPS) is 11.8. The summed E-state index contributed by atoms with van der Waals surface area (Å²) in [5.74, 6) is 0. The van der Waals surface area contributed by atoms with Crippen LogP contribution in [0.25, 0.3) is 0 Å². The molecule has 0 fully saturated rings. The summed E-state index contributed by atoms with van der Waals surface area (Å²) in [5.41, 5.74) is 0. The molecule has 0 heterocycles. The lowest BCUT2D eigenvalue weighted by Crippen LogP contribution is -2.51. The number of hydrogen-bond donors (Lipinski definition) is 0. The van der Waals surface area contributed by atoms with E-state index >= 15 is 0 Å². The highest BCUT2D eigenvalue weighted by atomic mass is 35.5. The van der Waals surface area contributed by atoms with Crippen molar-refractivity contribution in [3.63, 3.8) is 0 Å². The second-order valence-electron chi connectivity index (χ2n) is 4.15. The first-order chi connectivity index (χ1) is 8.12. The minimum atomic E-state index is -2.28. The maximum absolute atomic E-state index is 6.03. The standard InChI is InChI=1S/C13H21ClO2Si/c1-4-9-15-17(3,16-10-5-2)13-8-6-7-12(14)11-13/h6-8,11H,4-5,9-10H2,1-3H3. The Morgan fingerprint density at radius 2 is 1.71 bits per heavy atom. The number of halogens is 1. The molecule has 1 rings (SSSR count). The number of benzene rings is 1. The van der Waals surface area contributed by atoms with Gasteiger partial charge in [-0.15, -0.1) is 0 Å². The molecule has 1 aromatic carbocycles. The highest BCUT2D eigenvalue weighted by Gasteiger charge is 2.34. The van der Waals surface area contributed by atoms with Crippen LogP contribution < -0.4 is 5.19 Å². The second kappa shape index (κ2) is 7.16. The summed E-state index contributed by atoms with van der Waals surface area (Å²) in [6.45, 7) is 7.76. The zero-order chi connectivity index (χ0) is 12.7. The van der Waals surface area contributed by atoms with Gasteiger partial charge >= 0.3 is 8.56 Å². The molecule has 1 aromatic rings. The van der Waals surface area contributed by atoms with Crippen molar-refractivity contribution in [3.05, 3.63) is 29.3 Å². The molecule has 0 atom stereocenters. The van der Waals surface area contributed by atoms with Crippen LogP contribution in [0.1, 0.15) is 26.7 Å². The zero-order valence-corrected chi connectivity index (χ0v) is 12.6. The highest BCUT2D eigenvalue weighted by molar-refractivity contribution is 6.80. The molecule has 0 spiro atoms. The van der Waals surface area contributed by atoms with Crippen LogP contribution in [0.15, 0.2) is 24.3 Å². The fourth-order valence-electron chi connectivity index (χ4n) is 1.57. The molecule has 0 unspecified atom stereocenters. The van der Waals surface area contributed by atoms with Crippen molar-refractivity contribution in [1.82, 2.24) is 0 Å². The van der Waals surface area contributed by atoms with Crippen LogP contribution in [0.3, 0.4) is 0 Å². The molecule has 0 aliphatic heterocycles. The van der Waals surface area contributed by atoms with E-state index in [-0.39, 0.29) is 0 Å². The lowest BCUT2D eigenvalue weighted by atomic mass is 10.4. The van der Waals surface area contributed by atoms with Crippen LogP contribution in [0.4, 0.5) is 0 Å². The van der Waals surface area contributed by atoms with Gasteiger partial charge in [0.05, 0.1) is 0 Å². The van der Waals surface area contributed by atoms with Gasteiger partial charge in [-0.3, -0.25) is 0 Å². The van der Waals surface area contributed by atoms with E-state index < -0.39 is 8.56 Å². The molecular formula is C13H21ClO2Si. The Kier molecular flexibility index (Phi) is 6.20. The van der Waals surface area contributed by atoms with Gasteiger partial charge in [0.2, 0.25) is 0 Å². The van der Waals surface area contributed by atoms with Crippen LogP contribution in [0.2, 0.25) is 11.6 Å². The van der Waals surface area contributed by atoms with E-state index in [4.69, 9.17) is 20.5 Å². The molecule has 0 aliphatic rings. The third-order valence-corrected chi connectivity index (χ3v) is 5.62. The quantitative estimate of drug-likeness (QED) is 0.708. The monoisotopic (exact) mass is 272 g/mol. The molecule has 4 heteroatoms. The van der Waals surface area contributed by atoms with Crippen molar-refractivity contribution in [1.29, 1.82) is 0 Å². The smallest absolute Gasteiger partial charge is 0.369 e. The van der Waals surface area contributed by atoms with E-state index in [1.165, 1.54) is 0 Å². The van der Waals surface area contributed by atoms with E-state index in [2.05, 4.69) is 20.4 Å². The predicted octanol–water partition coefficient (Wildman–Crippen LogP) is 3.47. The number of rotatable bonds is 7. The molecule has 0 bridgehead atoms. The zero-order valence-electron chi connectivity index (χ0n) is 10.8. The topological polar surface area (TPSA) is 18.5 Å². The Balaban J connectivity index is 2.87. The first-order valence-electron chi connectivity index (χ1n) is 6.16. The second-order valence-corrected chi connectivity index (χ2v) is 7.64. The Labute approximate surface area is 110 Å². The maximum atomic E-state index is 6.03. The molecule has 17 heavy (non-hydrogen) atoms. The van der Waals surface area contributed by atoms with Gasteiger partial charge in [0.1, 0.15) is 0 Å². The van der Waals surface area contributed by atoms with Gasteiger partial charge in [-0.1, -0.05) is 37.6 Å². The SMILES string of the molecule is CCCO[Si](C)(OCCC)c1cccc(Cl)c1. The summed E-state index contributed by atoms with van der Waals surface area (Å²) in [6, 6.07) is 7.83. The van der Waals surface area contributed by atoms with E-state index in [1.54, 1.807) is 0 Å². The molecule has 2 nitrogen and oxygen atoms in total. The fourth-order valence-corrected chi connectivity index (χ4v) is 4.28. The van der Waals surface area contributed by atoms with Crippen LogP contribution in [-0.4, -0.2) is 21.8 Å². The van der Waals surface area contributed by atoms with Crippen molar-refractivity contribution >= 4 is 25.3 Å². The molecule has 0 aromatic heterocycles. The Morgan fingerprint density at radius 1 is 1.12 bits per heavy atom. The lowest BCUT2D eigenvalue weighted by Gasteiger charge is -2.27. The van der Waals surface area contributed by atoms with Gasteiger partial charge in [-0.25, -0.2) is 0 Å². The third-order valence-electron chi connectivity index (χ3n) is 2.51.